The number of likely N-dealkylation sites (tertiary alicyclic amines) is 1. The number of methoxy groups -OCH3 is 1. The molecule has 24 heavy (non-hydrogen) atoms. The molecule has 1 fully saturated rings. The average molecular weight is 455 g/mol. The number of guanidine groups is 1. The van der Waals surface area contributed by atoms with E-state index >= 15 is 0 Å². The first-order valence-corrected chi connectivity index (χ1v) is 8.70. The zero-order chi connectivity index (χ0) is 16.9. The van der Waals surface area contributed by atoms with Gasteiger partial charge in [0.2, 0.25) is 5.91 Å². The van der Waals surface area contributed by atoms with Gasteiger partial charge < -0.3 is 26.0 Å². The van der Waals surface area contributed by atoms with E-state index in [1.807, 2.05) is 0 Å². The highest BCUT2D eigenvalue weighted by Crippen LogP contribution is 2.15. The van der Waals surface area contributed by atoms with Gasteiger partial charge in [-0.2, -0.15) is 0 Å². The third kappa shape index (κ3) is 10.3. The molecule has 1 atom stereocenters. The van der Waals surface area contributed by atoms with E-state index < -0.39 is 0 Å². The molecule has 1 aliphatic rings. The molecule has 1 aliphatic heterocycles. The number of nitrogens with two attached hydrogens (primary N) is 1. The number of ether oxygens (including phenoxy) is 1. The number of rotatable bonds is 10. The molecule has 1 unspecified atom stereocenters. The molecule has 0 aliphatic carbocycles. The molecular weight excluding hydrogens is 421 g/mol. The van der Waals surface area contributed by atoms with Crippen LogP contribution in [0, 0.1) is 5.92 Å². The monoisotopic (exact) mass is 455 g/mol. The van der Waals surface area contributed by atoms with Crippen molar-refractivity contribution in [2.75, 3.05) is 53.0 Å². The number of aliphatic imine (C=N–C) groups is 1. The molecule has 0 aromatic heterocycles. The van der Waals surface area contributed by atoms with Crippen LogP contribution in [-0.4, -0.2) is 69.8 Å². The maximum absolute atomic E-state index is 11.3. The molecule has 4 N–H and O–H groups in total. The van der Waals surface area contributed by atoms with E-state index in [1.54, 1.807) is 7.11 Å². The SMILES string of the molecule is CCNC(=NCCCOC)NCCCN1CCCC(C(N)=O)C1.I. The Hall–Kier alpha value is -0.610. The Morgan fingerprint density at radius 3 is 2.83 bits per heavy atom. The number of piperidine rings is 1. The van der Waals surface area contributed by atoms with Crippen LogP contribution >= 0.6 is 24.0 Å². The van der Waals surface area contributed by atoms with E-state index in [0.717, 1.165) is 77.5 Å². The van der Waals surface area contributed by atoms with Crippen LogP contribution in [0.5, 0.6) is 0 Å². The molecule has 1 amide bonds. The molecule has 0 aromatic carbocycles. The van der Waals surface area contributed by atoms with Crippen LogP contribution in [0.15, 0.2) is 4.99 Å². The number of halogens is 1. The Labute approximate surface area is 163 Å². The van der Waals surface area contributed by atoms with E-state index in [4.69, 9.17) is 10.5 Å². The lowest BCUT2D eigenvalue weighted by Crippen LogP contribution is -2.43. The lowest BCUT2D eigenvalue weighted by Gasteiger charge is -2.31. The number of hydrogen-bond acceptors (Lipinski definition) is 4. The largest absolute Gasteiger partial charge is 0.385 e. The van der Waals surface area contributed by atoms with Crippen molar-refractivity contribution in [2.45, 2.75) is 32.6 Å². The van der Waals surface area contributed by atoms with Crippen molar-refractivity contribution >= 4 is 35.8 Å². The summed E-state index contributed by atoms with van der Waals surface area (Å²) in [6.45, 7) is 8.13. The molecule has 0 saturated carbocycles. The third-order valence-electron chi connectivity index (χ3n) is 3.97. The zero-order valence-electron chi connectivity index (χ0n) is 15.1. The van der Waals surface area contributed by atoms with Crippen LogP contribution < -0.4 is 16.4 Å². The van der Waals surface area contributed by atoms with Crippen molar-refractivity contribution in [3.05, 3.63) is 0 Å². The van der Waals surface area contributed by atoms with Crippen LogP contribution in [0.2, 0.25) is 0 Å². The van der Waals surface area contributed by atoms with Crippen molar-refractivity contribution in [1.29, 1.82) is 0 Å². The van der Waals surface area contributed by atoms with E-state index in [1.165, 1.54) is 0 Å². The van der Waals surface area contributed by atoms with Gasteiger partial charge in [0.25, 0.3) is 0 Å². The van der Waals surface area contributed by atoms with Gasteiger partial charge in [-0.1, -0.05) is 0 Å². The van der Waals surface area contributed by atoms with Gasteiger partial charge in [-0.25, -0.2) is 0 Å². The Bertz CT molecular complexity index is 368. The Kier molecular flexibility index (Phi) is 14.3. The fourth-order valence-corrected chi connectivity index (χ4v) is 2.74. The number of nitrogens with one attached hydrogen (secondary N) is 2. The molecule has 1 heterocycles. The van der Waals surface area contributed by atoms with Gasteiger partial charge in [-0.3, -0.25) is 9.79 Å². The van der Waals surface area contributed by atoms with Crippen LogP contribution in [0.25, 0.3) is 0 Å². The molecule has 0 bridgehead atoms. The second-order valence-electron chi connectivity index (χ2n) is 5.93. The summed E-state index contributed by atoms with van der Waals surface area (Å²) >= 11 is 0. The van der Waals surface area contributed by atoms with Crippen molar-refractivity contribution in [3.63, 3.8) is 0 Å². The highest BCUT2D eigenvalue weighted by atomic mass is 127. The summed E-state index contributed by atoms with van der Waals surface area (Å²) in [5.74, 6) is 0.721. The van der Waals surface area contributed by atoms with E-state index in [0.29, 0.717) is 0 Å². The number of carbonyl (C=O) groups is 1. The first-order chi connectivity index (χ1) is 11.2. The predicted octanol–water partition coefficient (Wildman–Crippen LogP) is 0.783. The summed E-state index contributed by atoms with van der Waals surface area (Å²) in [5.41, 5.74) is 5.41. The van der Waals surface area contributed by atoms with Crippen LogP contribution in [0.4, 0.5) is 0 Å². The summed E-state index contributed by atoms with van der Waals surface area (Å²) in [7, 11) is 1.70. The molecule has 0 spiro atoms. The van der Waals surface area contributed by atoms with Gasteiger partial charge in [0.15, 0.2) is 5.96 Å². The number of hydrogen-bond donors (Lipinski definition) is 3. The first-order valence-electron chi connectivity index (χ1n) is 8.70. The quantitative estimate of drug-likeness (QED) is 0.196. The molecule has 142 valence electrons. The van der Waals surface area contributed by atoms with E-state index in [-0.39, 0.29) is 35.8 Å². The van der Waals surface area contributed by atoms with E-state index in [2.05, 4.69) is 27.4 Å². The topological polar surface area (TPSA) is 92.0 Å². The van der Waals surface area contributed by atoms with Gasteiger partial charge in [0, 0.05) is 39.9 Å². The van der Waals surface area contributed by atoms with Gasteiger partial charge >= 0.3 is 0 Å². The second kappa shape index (κ2) is 14.7. The van der Waals surface area contributed by atoms with E-state index in [9.17, 15) is 4.79 Å². The number of amides is 1. The lowest BCUT2D eigenvalue weighted by atomic mass is 9.97. The standard InChI is InChI=1S/C16H33N5O2.HI/c1-3-18-16(20-9-6-12-23-2)19-8-5-11-21-10-4-7-14(13-21)15(17)22;/h14H,3-13H2,1-2H3,(H2,17,22)(H2,18,19,20);1H. The summed E-state index contributed by atoms with van der Waals surface area (Å²) in [6, 6.07) is 0. The number of nitrogens with zero attached hydrogens (tertiary/aromatic N) is 2. The predicted molar refractivity (Wildman–Crippen MR) is 109 cm³/mol. The molecule has 1 saturated heterocycles. The average Bonchev–Trinajstić information content (AvgIpc) is 2.55. The lowest BCUT2D eigenvalue weighted by molar-refractivity contribution is -0.123. The van der Waals surface area contributed by atoms with Crippen LogP contribution in [-0.2, 0) is 9.53 Å². The molecule has 1 rings (SSSR count). The fraction of sp³-hybridized carbons (Fsp3) is 0.875. The fourth-order valence-electron chi connectivity index (χ4n) is 2.74. The van der Waals surface area contributed by atoms with Gasteiger partial charge in [0.05, 0.1) is 5.92 Å². The molecule has 0 radical (unpaired) electrons. The minimum Gasteiger partial charge on any atom is -0.385 e. The highest BCUT2D eigenvalue weighted by Gasteiger charge is 2.23. The summed E-state index contributed by atoms with van der Waals surface area (Å²) < 4.78 is 5.03. The van der Waals surface area contributed by atoms with Crippen molar-refractivity contribution in [2.24, 2.45) is 16.6 Å². The smallest absolute Gasteiger partial charge is 0.221 e. The van der Waals surface area contributed by atoms with Crippen molar-refractivity contribution < 1.29 is 9.53 Å². The van der Waals surface area contributed by atoms with Crippen LogP contribution in [0.3, 0.4) is 0 Å². The van der Waals surface area contributed by atoms with Gasteiger partial charge in [0.1, 0.15) is 0 Å². The summed E-state index contributed by atoms with van der Waals surface area (Å²) in [4.78, 5) is 18.1. The molecule has 8 heteroatoms. The third-order valence-corrected chi connectivity index (χ3v) is 3.97. The number of primary amides is 1. The maximum Gasteiger partial charge on any atom is 0.221 e. The molecule has 7 nitrogen and oxygen atoms in total. The molecular formula is C16H34IN5O2. The normalized spacial score (nSPS) is 18.8. The van der Waals surface area contributed by atoms with Crippen molar-refractivity contribution in [3.8, 4) is 0 Å². The molecule has 0 aromatic rings. The Balaban J connectivity index is 0.00000529. The first kappa shape index (κ1) is 23.4. The Morgan fingerprint density at radius 1 is 1.38 bits per heavy atom. The van der Waals surface area contributed by atoms with Gasteiger partial charge in [-0.05, 0) is 45.7 Å². The Morgan fingerprint density at radius 2 is 2.17 bits per heavy atom. The highest BCUT2D eigenvalue weighted by molar-refractivity contribution is 14.0. The van der Waals surface area contributed by atoms with Crippen LogP contribution in [0.1, 0.15) is 32.6 Å². The van der Waals surface area contributed by atoms with Crippen molar-refractivity contribution in [1.82, 2.24) is 15.5 Å². The number of carbonyl (C=O) groups excluding carboxylic acids is 1. The minimum atomic E-state index is -0.162. The zero-order valence-corrected chi connectivity index (χ0v) is 17.4. The minimum absolute atomic E-state index is 0. The van der Waals surface area contributed by atoms with Gasteiger partial charge in [-0.15, -0.1) is 24.0 Å². The second-order valence-corrected chi connectivity index (χ2v) is 5.93. The summed E-state index contributed by atoms with van der Waals surface area (Å²) in [6.07, 6.45) is 3.94. The maximum atomic E-state index is 11.3. The summed E-state index contributed by atoms with van der Waals surface area (Å²) in [5, 5.41) is 6.59.